The summed E-state index contributed by atoms with van der Waals surface area (Å²) in [6.45, 7) is 0.572. The van der Waals surface area contributed by atoms with Crippen molar-refractivity contribution in [3.05, 3.63) is 52.0 Å². The van der Waals surface area contributed by atoms with E-state index in [-0.39, 0.29) is 0 Å². The molecule has 0 aliphatic carbocycles. The van der Waals surface area contributed by atoms with Crippen molar-refractivity contribution in [3.63, 3.8) is 0 Å². The number of nitrogens with zero attached hydrogens (tertiary/aromatic N) is 1. The topological polar surface area (TPSA) is 54.7 Å². The molecule has 0 aliphatic rings. The van der Waals surface area contributed by atoms with Gasteiger partial charge in [0.15, 0.2) is 0 Å². The Morgan fingerprint density at radius 1 is 1.21 bits per heavy atom. The highest BCUT2D eigenvalue weighted by atomic mass is 32.1. The van der Waals surface area contributed by atoms with Crippen LogP contribution in [0.25, 0.3) is 11.0 Å². The van der Waals surface area contributed by atoms with Crippen molar-refractivity contribution in [3.8, 4) is 0 Å². The van der Waals surface area contributed by atoms with Crippen molar-refractivity contribution in [2.45, 2.75) is 25.8 Å². The van der Waals surface area contributed by atoms with E-state index in [1.807, 2.05) is 23.5 Å². The van der Waals surface area contributed by atoms with Crippen LogP contribution in [0, 0.1) is 0 Å². The summed E-state index contributed by atoms with van der Waals surface area (Å²) < 4.78 is 0. The lowest BCUT2D eigenvalue weighted by Gasteiger charge is -1.95. The normalized spacial score (nSPS) is 11.2. The number of rotatable bonds is 5. The van der Waals surface area contributed by atoms with Crippen molar-refractivity contribution in [2.24, 2.45) is 5.73 Å². The second-order valence-corrected chi connectivity index (χ2v) is 5.70. The average Bonchev–Trinajstić information content (AvgIpc) is 3.06. The largest absolute Gasteiger partial charge is 0.342 e. The summed E-state index contributed by atoms with van der Waals surface area (Å²) in [4.78, 5) is 9.45. The molecule has 0 saturated heterocycles. The predicted octanol–water partition coefficient (Wildman–Crippen LogP) is 3.26. The van der Waals surface area contributed by atoms with Gasteiger partial charge in [-0.25, -0.2) is 4.98 Å². The highest BCUT2D eigenvalue weighted by Gasteiger charge is 2.04. The highest BCUT2D eigenvalue weighted by molar-refractivity contribution is 7.09. The van der Waals surface area contributed by atoms with E-state index in [1.165, 1.54) is 4.88 Å². The Labute approximate surface area is 116 Å². The van der Waals surface area contributed by atoms with Crippen molar-refractivity contribution in [2.75, 3.05) is 0 Å². The maximum atomic E-state index is 5.65. The molecule has 0 bridgehead atoms. The lowest BCUT2D eigenvalue weighted by atomic mass is 10.2. The lowest BCUT2D eigenvalue weighted by Crippen LogP contribution is -1.95. The quantitative estimate of drug-likeness (QED) is 0.748. The SMILES string of the molecule is NCc1ccc2nc(CCCc3cccs3)[nH]c2c1. The first-order valence-electron chi connectivity index (χ1n) is 6.55. The van der Waals surface area contributed by atoms with E-state index >= 15 is 0 Å². The molecule has 0 amide bonds. The molecule has 0 spiro atoms. The molecule has 3 N–H and O–H groups in total. The summed E-state index contributed by atoms with van der Waals surface area (Å²) in [5.41, 5.74) is 8.91. The van der Waals surface area contributed by atoms with Crippen LogP contribution < -0.4 is 5.73 Å². The van der Waals surface area contributed by atoms with Crippen molar-refractivity contribution in [1.29, 1.82) is 0 Å². The van der Waals surface area contributed by atoms with Crippen LogP contribution in [-0.2, 0) is 19.4 Å². The molecule has 0 unspecified atom stereocenters. The average molecular weight is 271 g/mol. The van der Waals surface area contributed by atoms with Gasteiger partial charge in [-0.2, -0.15) is 0 Å². The number of fused-ring (bicyclic) bond motifs is 1. The van der Waals surface area contributed by atoms with Crippen LogP contribution >= 0.6 is 11.3 Å². The summed E-state index contributed by atoms with van der Waals surface area (Å²) >= 11 is 1.82. The maximum Gasteiger partial charge on any atom is 0.107 e. The summed E-state index contributed by atoms with van der Waals surface area (Å²) in [6.07, 6.45) is 3.25. The van der Waals surface area contributed by atoms with Crippen LogP contribution in [0.2, 0.25) is 0 Å². The molecule has 3 rings (SSSR count). The van der Waals surface area contributed by atoms with Gasteiger partial charge in [-0.1, -0.05) is 12.1 Å². The molecule has 4 heteroatoms. The Kier molecular flexibility index (Phi) is 3.62. The fourth-order valence-electron chi connectivity index (χ4n) is 2.24. The Morgan fingerprint density at radius 3 is 2.95 bits per heavy atom. The number of thiophene rings is 1. The zero-order valence-electron chi connectivity index (χ0n) is 10.7. The predicted molar refractivity (Wildman–Crippen MR) is 80.3 cm³/mol. The first kappa shape index (κ1) is 12.4. The number of hydrogen-bond acceptors (Lipinski definition) is 3. The van der Waals surface area contributed by atoms with E-state index in [1.54, 1.807) is 0 Å². The minimum atomic E-state index is 0.572. The first-order valence-corrected chi connectivity index (χ1v) is 7.43. The fourth-order valence-corrected chi connectivity index (χ4v) is 2.99. The number of benzene rings is 1. The molecular formula is C15H17N3S. The van der Waals surface area contributed by atoms with Crippen LogP contribution in [0.4, 0.5) is 0 Å². The lowest BCUT2D eigenvalue weighted by molar-refractivity contribution is 0.793. The number of nitrogens with two attached hydrogens (primary N) is 1. The zero-order valence-corrected chi connectivity index (χ0v) is 11.5. The van der Waals surface area contributed by atoms with Gasteiger partial charge in [-0.15, -0.1) is 11.3 Å². The van der Waals surface area contributed by atoms with Crippen LogP contribution in [0.1, 0.15) is 22.7 Å². The van der Waals surface area contributed by atoms with Crippen LogP contribution in [0.15, 0.2) is 35.7 Å². The molecular weight excluding hydrogens is 254 g/mol. The van der Waals surface area contributed by atoms with E-state index in [2.05, 4.69) is 33.5 Å². The third-order valence-corrected chi connectivity index (χ3v) is 4.18. The monoisotopic (exact) mass is 271 g/mol. The van der Waals surface area contributed by atoms with Gasteiger partial charge < -0.3 is 10.7 Å². The second-order valence-electron chi connectivity index (χ2n) is 4.67. The molecule has 0 saturated carbocycles. The second kappa shape index (κ2) is 5.55. The number of aromatic nitrogens is 2. The number of hydrogen-bond donors (Lipinski definition) is 2. The maximum absolute atomic E-state index is 5.65. The molecule has 0 fully saturated rings. The standard InChI is InChI=1S/C15H17N3S/c16-10-11-6-7-13-14(9-11)18-15(17-13)5-1-3-12-4-2-8-19-12/h2,4,6-9H,1,3,5,10,16H2,(H,17,18). The van der Waals surface area contributed by atoms with Gasteiger partial charge in [0.2, 0.25) is 0 Å². The minimum Gasteiger partial charge on any atom is -0.342 e. The molecule has 0 aliphatic heterocycles. The van der Waals surface area contributed by atoms with E-state index in [9.17, 15) is 0 Å². The van der Waals surface area contributed by atoms with Crippen LogP contribution in [-0.4, -0.2) is 9.97 Å². The number of aryl methyl sites for hydroxylation is 2. The molecule has 19 heavy (non-hydrogen) atoms. The third-order valence-electron chi connectivity index (χ3n) is 3.25. The number of nitrogens with one attached hydrogen (secondary N) is 1. The summed E-state index contributed by atoms with van der Waals surface area (Å²) in [6, 6.07) is 10.5. The Bertz CT molecular complexity index is 655. The van der Waals surface area contributed by atoms with Gasteiger partial charge in [-0.3, -0.25) is 0 Å². The van der Waals surface area contributed by atoms with E-state index in [0.717, 1.165) is 41.7 Å². The van der Waals surface area contributed by atoms with Gasteiger partial charge in [0.25, 0.3) is 0 Å². The summed E-state index contributed by atoms with van der Waals surface area (Å²) in [7, 11) is 0. The zero-order chi connectivity index (χ0) is 13.1. The summed E-state index contributed by atoms with van der Waals surface area (Å²) in [5.74, 6) is 1.07. The number of H-pyrrole nitrogens is 1. The van der Waals surface area contributed by atoms with Gasteiger partial charge in [0.1, 0.15) is 5.82 Å². The number of aromatic amines is 1. The molecule has 0 radical (unpaired) electrons. The van der Waals surface area contributed by atoms with Crippen molar-refractivity contribution >= 4 is 22.4 Å². The Balaban J connectivity index is 1.67. The number of imidazole rings is 1. The Morgan fingerprint density at radius 2 is 2.16 bits per heavy atom. The van der Waals surface area contributed by atoms with Crippen molar-refractivity contribution < 1.29 is 0 Å². The molecule has 3 aromatic rings. The Hall–Kier alpha value is -1.65. The molecule has 1 aromatic carbocycles. The van der Waals surface area contributed by atoms with Gasteiger partial charge >= 0.3 is 0 Å². The smallest absolute Gasteiger partial charge is 0.107 e. The molecule has 2 aromatic heterocycles. The first-order chi connectivity index (χ1) is 9.35. The van der Waals surface area contributed by atoms with Crippen LogP contribution in [0.3, 0.4) is 0 Å². The van der Waals surface area contributed by atoms with Gasteiger partial charge in [-0.05, 0) is 42.0 Å². The van der Waals surface area contributed by atoms with Crippen molar-refractivity contribution in [1.82, 2.24) is 9.97 Å². The van der Waals surface area contributed by atoms with Crippen LogP contribution in [0.5, 0.6) is 0 Å². The molecule has 3 nitrogen and oxygen atoms in total. The molecule has 0 atom stereocenters. The van der Waals surface area contributed by atoms with Gasteiger partial charge in [0.05, 0.1) is 11.0 Å². The third kappa shape index (κ3) is 2.85. The van der Waals surface area contributed by atoms with E-state index in [0.29, 0.717) is 6.54 Å². The van der Waals surface area contributed by atoms with E-state index in [4.69, 9.17) is 5.73 Å². The highest BCUT2D eigenvalue weighted by Crippen LogP contribution is 2.16. The molecule has 2 heterocycles. The summed E-state index contributed by atoms with van der Waals surface area (Å²) in [5, 5.41) is 2.13. The van der Waals surface area contributed by atoms with E-state index < -0.39 is 0 Å². The van der Waals surface area contributed by atoms with Gasteiger partial charge in [0, 0.05) is 17.8 Å². The molecule has 98 valence electrons. The fraction of sp³-hybridized carbons (Fsp3) is 0.267. The minimum absolute atomic E-state index is 0.572.